The molecule has 1 saturated carbocycles. The molecule has 1 spiro atoms. The predicted molar refractivity (Wildman–Crippen MR) is 81.3 cm³/mol. The molecule has 4 nitrogen and oxygen atoms in total. The first-order chi connectivity index (χ1) is 11.1. The Morgan fingerprint density at radius 2 is 1.83 bits per heavy atom. The van der Waals surface area contributed by atoms with Crippen LogP contribution in [0.3, 0.4) is 0 Å². The van der Waals surface area contributed by atoms with Crippen LogP contribution in [-0.2, 0) is 10.3 Å². The summed E-state index contributed by atoms with van der Waals surface area (Å²) in [7, 11) is 0. The fourth-order valence-corrected chi connectivity index (χ4v) is 3.85. The Morgan fingerprint density at radius 3 is 2.52 bits per heavy atom. The highest BCUT2D eigenvalue weighted by Crippen LogP contribution is 2.51. The summed E-state index contributed by atoms with van der Waals surface area (Å²) >= 11 is 0. The monoisotopic (exact) mass is 308 g/mol. The van der Waals surface area contributed by atoms with Crippen molar-refractivity contribution in [3.63, 3.8) is 0 Å². The van der Waals surface area contributed by atoms with Gasteiger partial charge in [0.05, 0.1) is 0 Å². The Morgan fingerprint density at radius 1 is 1.04 bits per heavy atom. The molecule has 2 aromatic carbocycles. The average molecular weight is 308 g/mol. The van der Waals surface area contributed by atoms with Crippen LogP contribution >= 0.6 is 0 Å². The number of hydrogen-bond acceptors (Lipinski definition) is 2. The Kier molecular flexibility index (Phi) is 2.22. The van der Waals surface area contributed by atoms with Gasteiger partial charge in [0.1, 0.15) is 5.82 Å². The molecule has 23 heavy (non-hydrogen) atoms. The van der Waals surface area contributed by atoms with Gasteiger partial charge in [-0.15, -0.1) is 0 Å². The summed E-state index contributed by atoms with van der Waals surface area (Å²) in [6.45, 7) is 0. The molecule has 1 unspecified atom stereocenters. The number of benzene rings is 2. The lowest BCUT2D eigenvalue weighted by molar-refractivity contribution is -0.122. The number of carbonyl (C=O) groups is 2. The van der Waals surface area contributed by atoms with E-state index in [0.717, 1.165) is 18.4 Å². The number of fused-ring (bicyclic) bond motifs is 5. The Bertz CT molecular complexity index is 904. The van der Waals surface area contributed by atoms with Crippen LogP contribution in [0.15, 0.2) is 36.4 Å². The van der Waals surface area contributed by atoms with Crippen molar-refractivity contribution in [1.29, 1.82) is 0 Å². The first kappa shape index (κ1) is 12.8. The lowest BCUT2D eigenvalue weighted by Crippen LogP contribution is -2.43. The van der Waals surface area contributed by atoms with Crippen LogP contribution in [0.25, 0.3) is 11.1 Å². The number of hydrogen-bond donors (Lipinski definition) is 2. The molecule has 5 rings (SSSR count). The van der Waals surface area contributed by atoms with Gasteiger partial charge in [0, 0.05) is 0 Å². The van der Waals surface area contributed by atoms with Crippen LogP contribution in [0.2, 0.25) is 0 Å². The van der Waals surface area contributed by atoms with Crippen molar-refractivity contribution >= 4 is 11.9 Å². The van der Waals surface area contributed by atoms with E-state index < -0.39 is 17.5 Å². The summed E-state index contributed by atoms with van der Waals surface area (Å²) in [5, 5.41) is 5.10. The van der Waals surface area contributed by atoms with Gasteiger partial charge in [-0.2, -0.15) is 0 Å². The Labute approximate surface area is 131 Å². The number of carbonyl (C=O) groups excluding carboxylic acids is 2. The molecule has 3 aliphatic rings. The quantitative estimate of drug-likeness (QED) is 0.796. The van der Waals surface area contributed by atoms with Crippen LogP contribution in [0, 0.1) is 5.82 Å². The second kappa shape index (κ2) is 3.98. The van der Waals surface area contributed by atoms with Gasteiger partial charge < -0.3 is 5.32 Å². The summed E-state index contributed by atoms with van der Waals surface area (Å²) in [4.78, 5) is 24.4. The molecule has 0 bridgehead atoms. The number of imide groups is 1. The second-order valence-electron chi connectivity index (χ2n) is 6.40. The summed E-state index contributed by atoms with van der Waals surface area (Å²) < 4.78 is 14.5. The predicted octanol–water partition coefficient (Wildman–Crippen LogP) is 2.77. The lowest BCUT2D eigenvalue weighted by atomic mass is 9.86. The number of halogens is 1. The third kappa shape index (κ3) is 1.49. The van der Waals surface area contributed by atoms with E-state index in [1.54, 1.807) is 6.07 Å². The van der Waals surface area contributed by atoms with E-state index in [4.69, 9.17) is 0 Å². The van der Waals surface area contributed by atoms with E-state index in [2.05, 4.69) is 10.6 Å². The molecule has 1 saturated heterocycles. The number of nitrogens with one attached hydrogen (secondary N) is 2. The molecule has 2 fully saturated rings. The van der Waals surface area contributed by atoms with Gasteiger partial charge in [0.2, 0.25) is 0 Å². The molecule has 114 valence electrons. The van der Waals surface area contributed by atoms with Crippen molar-refractivity contribution in [3.8, 4) is 11.1 Å². The molecular weight excluding hydrogens is 295 g/mol. The minimum absolute atomic E-state index is 0.223. The van der Waals surface area contributed by atoms with Gasteiger partial charge in [0.25, 0.3) is 5.91 Å². The third-order valence-electron chi connectivity index (χ3n) is 5.05. The van der Waals surface area contributed by atoms with Gasteiger partial charge in [-0.3, -0.25) is 10.1 Å². The molecule has 1 atom stereocenters. The van der Waals surface area contributed by atoms with Crippen molar-refractivity contribution in [1.82, 2.24) is 10.6 Å². The zero-order valence-corrected chi connectivity index (χ0v) is 12.2. The van der Waals surface area contributed by atoms with Crippen molar-refractivity contribution in [2.75, 3.05) is 0 Å². The van der Waals surface area contributed by atoms with E-state index in [9.17, 15) is 14.0 Å². The van der Waals surface area contributed by atoms with Gasteiger partial charge in [-0.05, 0) is 58.7 Å². The van der Waals surface area contributed by atoms with Gasteiger partial charge in [0.15, 0.2) is 5.54 Å². The Balaban J connectivity index is 1.86. The summed E-state index contributed by atoms with van der Waals surface area (Å²) in [5.74, 6) is -0.411. The number of urea groups is 1. The maximum Gasteiger partial charge on any atom is 0.322 e. The number of amides is 3. The summed E-state index contributed by atoms with van der Waals surface area (Å²) in [5.41, 5.74) is 2.25. The van der Waals surface area contributed by atoms with Crippen molar-refractivity contribution in [2.24, 2.45) is 0 Å². The summed E-state index contributed by atoms with van der Waals surface area (Å²) in [6.07, 6.45) is 1.93. The average Bonchev–Trinajstić information content (AvgIpc) is 3.28. The molecule has 0 radical (unpaired) electrons. The maximum atomic E-state index is 14.5. The van der Waals surface area contributed by atoms with Crippen molar-refractivity contribution in [3.05, 3.63) is 58.9 Å². The fourth-order valence-electron chi connectivity index (χ4n) is 3.85. The molecule has 0 aromatic heterocycles. The molecule has 2 aliphatic carbocycles. The molecule has 1 heterocycles. The van der Waals surface area contributed by atoms with Crippen molar-refractivity contribution < 1.29 is 14.0 Å². The lowest BCUT2D eigenvalue weighted by Gasteiger charge is -2.23. The third-order valence-corrected chi connectivity index (χ3v) is 5.05. The topological polar surface area (TPSA) is 58.2 Å². The molecule has 1 aliphatic heterocycles. The smallest absolute Gasteiger partial charge is 0.316 e. The van der Waals surface area contributed by atoms with Crippen LogP contribution < -0.4 is 10.6 Å². The standard InChI is InChI=1S/C18H13FN2O2/c19-15-8-12-10-3-1-2-4-13(10)18(16(22)20-17(23)21-18)14(12)7-11(15)9-5-6-9/h1-4,7-9H,5-6H2,(H2,20,21,22,23). The van der Waals surface area contributed by atoms with Crippen LogP contribution in [0.4, 0.5) is 9.18 Å². The SMILES string of the molecule is O=C1NC(=O)C2(N1)c1ccccc1-c1cc(F)c(C3CC3)cc12. The zero-order chi connectivity index (χ0) is 15.8. The molecule has 5 heteroatoms. The van der Waals surface area contributed by atoms with Crippen LogP contribution in [0.1, 0.15) is 35.4 Å². The molecule has 2 aromatic rings. The highest BCUT2D eigenvalue weighted by molar-refractivity contribution is 6.13. The Hall–Kier alpha value is -2.69. The minimum Gasteiger partial charge on any atom is -0.316 e. The normalized spacial score (nSPS) is 24.4. The minimum atomic E-state index is -1.24. The largest absolute Gasteiger partial charge is 0.322 e. The first-order valence-electron chi connectivity index (χ1n) is 7.68. The summed E-state index contributed by atoms with van der Waals surface area (Å²) in [6, 6.07) is 10.1. The second-order valence-corrected chi connectivity index (χ2v) is 6.40. The maximum absolute atomic E-state index is 14.5. The van der Waals surface area contributed by atoms with Gasteiger partial charge in [-0.25, -0.2) is 9.18 Å². The van der Waals surface area contributed by atoms with Gasteiger partial charge >= 0.3 is 6.03 Å². The number of rotatable bonds is 1. The van der Waals surface area contributed by atoms with E-state index in [1.165, 1.54) is 6.07 Å². The molecule has 2 N–H and O–H groups in total. The van der Waals surface area contributed by atoms with Gasteiger partial charge in [-0.1, -0.05) is 24.3 Å². The van der Waals surface area contributed by atoms with E-state index >= 15 is 0 Å². The fraction of sp³-hybridized carbons (Fsp3) is 0.222. The van der Waals surface area contributed by atoms with E-state index in [-0.39, 0.29) is 11.7 Å². The zero-order valence-electron chi connectivity index (χ0n) is 12.2. The van der Waals surface area contributed by atoms with Crippen LogP contribution in [-0.4, -0.2) is 11.9 Å². The van der Waals surface area contributed by atoms with Crippen molar-refractivity contribution in [2.45, 2.75) is 24.3 Å². The van der Waals surface area contributed by atoms with E-state index in [1.807, 2.05) is 24.3 Å². The van der Waals surface area contributed by atoms with Crippen LogP contribution in [0.5, 0.6) is 0 Å². The molecular formula is C18H13FN2O2. The highest BCUT2D eigenvalue weighted by Gasteiger charge is 2.55. The first-order valence-corrected chi connectivity index (χ1v) is 7.68. The highest BCUT2D eigenvalue weighted by atomic mass is 19.1. The van der Waals surface area contributed by atoms with E-state index in [0.29, 0.717) is 22.3 Å². The molecule has 3 amide bonds.